The number of Topliss-reactive ketones (excluding diaryl/α,β-unsaturated/α-hetero) is 1. The van der Waals surface area contributed by atoms with Gasteiger partial charge in [-0.15, -0.1) is 0 Å². The summed E-state index contributed by atoms with van der Waals surface area (Å²) in [6.45, 7) is 3.79. The first-order chi connectivity index (χ1) is 10.9. The third kappa shape index (κ3) is 5.69. The maximum atomic E-state index is 12.2. The molecule has 0 bridgehead atoms. The van der Waals surface area contributed by atoms with Crippen molar-refractivity contribution in [1.82, 2.24) is 9.97 Å². The van der Waals surface area contributed by atoms with E-state index in [0.717, 1.165) is 23.0 Å². The molecule has 0 aliphatic heterocycles. The van der Waals surface area contributed by atoms with Gasteiger partial charge in [0.25, 0.3) is 0 Å². The Labute approximate surface area is 142 Å². The van der Waals surface area contributed by atoms with Crippen LogP contribution in [0.25, 0.3) is 0 Å². The van der Waals surface area contributed by atoms with Crippen molar-refractivity contribution in [2.24, 2.45) is 0 Å². The lowest BCUT2D eigenvalue weighted by atomic mass is 10.1. The van der Waals surface area contributed by atoms with Crippen LogP contribution in [0.3, 0.4) is 0 Å². The molecule has 1 aromatic heterocycles. The SMILES string of the molecule is Cc1ccc(C(=O)CSc2nc(C)cc(SCC(=O)O)n2)cc1. The van der Waals surface area contributed by atoms with E-state index < -0.39 is 5.97 Å². The predicted octanol–water partition coefficient (Wildman–Crippen LogP) is 3.25. The number of carboxylic acids is 1. The summed E-state index contributed by atoms with van der Waals surface area (Å²) in [4.78, 5) is 31.3. The second kappa shape index (κ2) is 8.12. The third-order valence-electron chi connectivity index (χ3n) is 2.86. The van der Waals surface area contributed by atoms with Crippen molar-refractivity contribution in [2.75, 3.05) is 11.5 Å². The minimum Gasteiger partial charge on any atom is -0.481 e. The first-order valence-corrected chi connectivity index (χ1v) is 8.84. The fraction of sp³-hybridized carbons (Fsp3) is 0.250. The number of carbonyl (C=O) groups is 2. The molecule has 2 aromatic rings. The van der Waals surface area contributed by atoms with E-state index in [1.807, 2.05) is 38.1 Å². The van der Waals surface area contributed by atoms with Crippen LogP contribution >= 0.6 is 23.5 Å². The molecule has 0 amide bonds. The van der Waals surface area contributed by atoms with Gasteiger partial charge in [0.2, 0.25) is 0 Å². The fourth-order valence-corrected chi connectivity index (χ4v) is 3.27. The summed E-state index contributed by atoms with van der Waals surface area (Å²) in [5.74, 6) is -0.687. The van der Waals surface area contributed by atoms with Crippen molar-refractivity contribution in [3.63, 3.8) is 0 Å². The lowest BCUT2D eigenvalue weighted by Gasteiger charge is -2.05. The Morgan fingerprint density at radius 3 is 2.39 bits per heavy atom. The van der Waals surface area contributed by atoms with Gasteiger partial charge in [-0.1, -0.05) is 53.4 Å². The molecule has 1 heterocycles. The Morgan fingerprint density at radius 2 is 1.74 bits per heavy atom. The number of hydrogen-bond donors (Lipinski definition) is 1. The van der Waals surface area contributed by atoms with E-state index in [1.54, 1.807) is 6.07 Å². The van der Waals surface area contributed by atoms with E-state index in [-0.39, 0.29) is 17.3 Å². The minimum atomic E-state index is -0.894. The molecule has 0 atom stereocenters. The van der Waals surface area contributed by atoms with Crippen LogP contribution in [0, 0.1) is 13.8 Å². The molecule has 120 valence electrons. The highest BCUT2D eigenvalue weighted by Gasteiger charge is 2.10. The molecule has 0 radical (unpaired) electrons. The topological polar surface area (TPSA) is 80.2 Å². The summed E-state index contributed by atoms with van der Waals surface area (Å²) < 4.78 is 0. The highest BCUT2D eigenvalue weighted by atomic mass is 32.2. The third-order valence-corrected chi connectivity index (χ3v) is 4.60. The van der Waals surface area contributed by atoms with Crippen LogP contribution in [-0.2, 0) is 4.79 Å². The van der Waals surface area contributed by atoms with E-state index in [2.05, 4.69) is 9.97 Å². The van der Waals surface area contributed by atoms with E-state index >= 15 is 0 Å². The maximum absolute atomic E-state index is 12.2. The lowest BCUT2D eigenvalue weighted by Crippen LogP contribution is -2.04. The van der Waals surface area contributed by atoms with Crippen molar-refractivity contribution in [1.29, 1.82) is 0 Å². The number of aromatic nitrogens is 2. The molecular weight excluding hydrogens is 332 g/mol. The smallest absolute Gasteiger partial charge is 0.313 e. The summed E-state index contributed by atoms with van der Waals surface area (Å²) in [7, 11) is 0. The van der Waals surface area contributed by atoms with Crippen molar-refractivity contribution in [3.8, 4) is 0 Å². The van der Waals surface area contributed by atoms with Gasteiger partial charge < -0.3 is 5.11 Å². The van der Waals surface area contributed by atoms with Gasteiger partial charge in [0.15, 0.2) is 10.9 Å². The molecule has 0 spiro atoms. The quantitative estimate of drug-likeness (QED) is 0.356. The first kappa shape index (κ1) is 17.5. The molecule has 5 nitrogen and oxygen atoms in total. The molecule has 1 N–H and O–H groups in total. The fourth-order valence-electron chi connectivity index (χ4n) is 1.74. The number of aliphatic carboxylic acids is 1. The number of benzene rings is 1. The molecule has 7 heteroatoms. The molecular formula is C16H16N2O3S2. The van der Waals surface area contributed by atoms with Crippen molar-refractivity contribution >= 4 is 35.3 Å². The van der Waals surface area contributed by atoms with Crippen LogP contribution in [0.5, 0.6) is 0 Å². The molecule has 0 saturated heterocycles. The highest BCUT2D eigenvalue weighted by molar-refractivity contribution is 8.00. The predicted molar refractivity (Wildman–Crippen MR) is 91.4 cm³/mol. The van der Waals surface area contributed by atoms with Gasteiger partial charge in [-0.05, 0) is 19.9 Å². The number of ketones is 1. The summed E-state index contributed by atoms with van der Waals surface area (Å²) >= 11 is 2.40. The highest BCUT2D eigenvalue weighted by Crippen LogP contribution is 2.21. The summed E-state index contributed by atoms with van der Waals surface area (Å²) in [5.41, 5.74) is 2.52. The van der Waals surface area contributed by atoms with Crippen LogP contribution < -0.4 is 0 Å². The summed E-state index contributed by atoms with van der Waals surface area (Å²) in [6.07, 6.45) is 0. The Morgan fingerprint density at radius 1 is 1.04 bits per heavy atom. The van der Waals surface area contributed by atoms with Crippen molar-refractivity contribution < 1.29 is 14.7 Å². The van der Waals surface area contributed by atoms with E-state index in [9.17, 15) is 9.59 Å². The molecule has 0 aliphatic carbocycles. The normalized spacial score (nSPS) is 10.5. The van der Waals surface area contributed by atoms with E-state index in [1.165, 1.54) is 11.8 Å². The van der Waals surface area contributed by atoms with Gasteiger partial charge >= 0.3 is 5.97 Å². The molecule has 1 aromatic carbocycles. The number of thioether (sulfide) groups is 2. The van der Waals surface area contributed by atoms with Crippen LogP contribution in [0.1, 0.15) is 21.6 Å². The molecule has 0 saturated carbocycles. The lowest BCUT2D eigenvalue weighted by molar-refractivity contribution is -0.133. The Bertz CT molecular complexity index is 718. The average molecular weight is 348 g/mol. The van der Waals surface area contributed by atoms with Gasteiger partial charge in [-0.2, -0.15) is 0 Å². The van der Waals surface area contributed by atoms with Crippen LogP contribution in [0.4, 0.5) is 0 Å². The van der Waals surface area contributed by atoms with Gasteiger partial charge in [-0.25, -0.2) is 9.97 Å². The Hall–Kier alpha value is -1.86. The van der Waals surface area contributed by atoms with Crippen LogP contribution in [0.2, 0.25) is 0 Å². The molecule has 23 heavy (non-hydrogen) atoms. The van der Waals surface area contributed by atoms with Gasteiger partial charge in [0.1, 0.15) is 5.03 Å². The van der Waals surface area contributed by atoms with Crippen molar-refractivity contribution in [3.05, 3.63) is 47.2 Å². The van der Waals surface area contributed by atoms with Crippen molar-refractivity contribution in [2.45, 2.75) is 24.0 Å². The number of carboxylic acid groups (broad SMARTS) is 1. The zero-order valence-electron chi connectivity index (χ0n) is 12.8. The van der Waals surface area contributed by atoms with Gasteiger partial charge in [-0.3, -0.25) is 9.59 Å². The first-order valence-electron chi connectivity index (χ1n) is 6.87. The molecule has 0 fully saturated rings. The zero-order chi connectivity index (χ0) is 16.8. The van der Waals surface area contributed by atoms with Crippen LogP contribution in [-0.4, -0.2) is 38.3 Å². The Kier molecular flexibility index (Phi) is 6.18. The second-order valence-electron chi connectivity index (χ2n) is 4.89. The zero-order valence-corrected chi connectivity index (χ0v) is 14.4. The monoisotopic (exact) mass is 348 g/mol. The number of aryl methyl sites for hydroxylation is 2. The largest absolute Gasteiger partial charge is 0.481 e. The number of carbonyl (C=O) groups excluding carboxylic acids is 1. The number of nitrogens with zero attached hydrogens (tertiary/aromatic N) is 2. The second-order valence-corrected chi connectivity index (χ2v) is 6.83. The van der Waals surface area contributed by atoms with E-state index in [4.69, 9.17) is 5.11 Å². The van der Waals surface area contributed by atoms with Crippen LogP contribution in [0.15, 0.2) is 40.5 Å². The summed E-state index contributed by atoms with van der Waals surface area (Å²) in [5, 5.41) is 9.81. The molecule has 2 rings (SSSR count). The van der Waals surface area contributed by atoms with Gasteiger partial charge in [0.05, 0.1) is 11.5 Å². The molecule has 0 unspecified atom stereocenters. The van der Waals surface area contributed by atoms with E-state index in [0.29, 0.717) is 15.7 Å². The maximum Gasteiger partial charge on any atom is 0.313 e. The Balaban J connectivity index is 2.00. The standard InChI is InChI=1S/C16H16N2O3S2/c1-10-3-5-12(6-4-10)13(19)8-23-16-17-11(2)7-14(18-16)22-9-15(20)21/h3-7H,8-9H2,1-2H3,(H,20,21). The minimum absolute atomic E-state index is 0.0137. The molecule has 0 aliphatic rings. The van der Waals surface area contributed by atoms with Gasteiger partial charge in [0, 0.05) is 11.3 Å². The number of rotatable bonds is 7. The average Bonchev–Trinajstić information content (AvgIpc) is 2.51. The summed E-state index contributed by atoms with van der Waals surface area (Å²) in [6, 6.07) is 9.16. The number of hydrogen-bond acceptors (Lipinski definition) is 6.